The Balaban J connectivity index is 1.81. The number of nitrogens with zero attached hydrogens (tertiary/aromatic N) is 2. The molecule has 18 heavy (non-hydrogen) atoms. The predicted molar refractivity (Wildman–Crippen MR) is 74.7 cm³/mol. The van der Waals surface area contributed by atoms with Crippen LogP contribution in [0, 0.1) is 11.3 Å². The van der Waals surface area contributed by atoms with Crippen molar-refractivity contribution in [3.05, 3.63) is 0 Å². The van der Waals surface area contributed by atoms with E-state index in [0.29, 0.717) is 11.7 Å². The zero-order chi connectivity index (χ0) is 13.3. The first-order valence-corrected chi connectivity index (χ1v) is 7.33. The molecule has 0 aromatic heterocycles. The van der Waals surface area contributed by atoms with Gasteiger partial charge in [0.05, 0.1) is 0 Å². The van der Waals surface area contributed by atoms with Gasteiger partial charge in [0.1, 0.15) is 5.78 Å². The van der Waals surface area contributed by atoms with Crippen LogP contribution >= 0.6 is 0 Å². The lowest BCUT2D eigenvalue weighted by molar-refractivity contribution is -0.128. The van der Waals surface area contributed by atoms with E-state index in [0.717, 1.165) is 38.5 Å². The highest BCUT2D eigenvalue weighted by atomic mass is 16.1. The molecule has 0 amide bonds. The zero-order valence-electron chi connectivity index (χ0n) is 12.4. The van der Waals surface area contributed by atoms with Gasteiger partial charge in [0.15, 0.2) is 0 Å². The Morgan fingerprint density at radius 2 is 1.83 bits per heavy atom. The van der Waals surface area contributed by atoms with Gasteiger partial charge in [0.25, 0.3) is 0 Å². The van der Waals surface area contributed by atoms with Crippen molar-refractivity contribution in [3.8, 4) is 0 Å². The Morgan fingerprint density at radius 1 is 1.22 bits per heavy atom. The molecule has 0 aromatic rings. The molecule has 1 saturated carbocycles. The van der Waals surface area contributed by atoms with Crippen LogP contribution in [0.4, 0.5) is 0 Å². The first-order chi connectivity index (χ1) is 8.40. The minimum absolute atomic E-state index is 0.0629. The molecule has 1 atom stereocenters. The summed E-state index contributed by atoms with van der Waals surface area (Å²) in [7, 11) is 4.34. The van der Waals surface area contributed by atoms with Crippen LogP contribution in [0.2, 0.25) is 0 Å². The molecule has 2 aliphatic rings. The fourth-order valence-electron chi connectivity index (χ4n) is 3.45. The van der Waals surface area contributed by atoms with E-state index < -0.39 is 0 Å². The largest absolute Gasteiger partial charge is 0.306 e. The van der Waals surface area contributed by atoms with E-state index in [1.165, 1.54) is 12.8 Å². The average molecular weight is 252 g/mol. The third kappa shape index (κ3) is 2.94. The Labute approximate surface area is 112 Å². The highest BCUT2D eigenvalue weighted by molar-refractivity contribution is 5.88. The minimum Gasteiger partial charge on any atom is -0.306 e. The second-order valence-electron chi connectivity index (χ2n) is 6.98. The van der Waals surface area contributed by atoms with Gasteiger partial charge in [-0.1, -0.05) is 13.8 Å². The summed E-state index contributed by atoms with van der Waals surface area (Å²) in [4.78, 5) is 17.1. The number of carbonyl (C=O) groups excluding carboxylic acids is 1. The first kappa shape index (κ1) is 14.0. The van der Waals surface area contributed by atoms with Gasteiger partial charge < -0.3 is 9.80 Å². The van der Waals surface area contributed by atoms with Gasteiger partial charge in [-0.2, -0.15) is 0 Å². The fraction of sp³-hybridized carbons (Fsp3) is 0.933. The smallest absolute Gasteiger partial charge is 0.142 e. The van der Waals surface area contributed by atoms with Gasteiger partial charge in [-0.3, -0.25) is 4.79 Å². The van der Waals surface area contributed by atoms with Gasteiger partial charge in [0, 0.05) is 23.9 Å². The third-order valence-electron chi connectivity index (χ3n) is 4.92. The molecule has 2 rings (SSSR count). The number of rotatable bonds is 3. The van der Waals surface area contributed by atoms with Crippen molar-refractivity contribution in [2.75, 3.05) is 33.7 Å². The molecular weight excluding hydrogens is 224 g/mol. The SMILES string of the molecule is CN(C)C1CCN(CC2CCC(C)(C)C2=O)CC1. The van der Waals surface area contributed by atoms with Gasteiger partial charge in [0.2, 0.25) is 0 Å². The normalized spacial score (nSPS) is 30.3. The molecule has 3 nitrogen and oxygen atoms in total. The highest BCUT2D eigenvalue weighted by Crippen LogP contribution is 2.38. The number of ketones is 1. The maximum atomic E-state index is 12.2. The van der Waals surface area contributed by atoms with Crippen molar-refractivity contribution in [1.29, 1.82) is 0 Å². The number of likely N-dealkylation sites (tertiary alicyclic amines) is 1. The van der Waals surface area contributed by atoms with E-state index in [1.54, 1.807) is 0 Å². The van der Waals surface area contributed by atoms with E-state index in [2.05, 4.69) is 37.7 Å². The minimum atomic E-state index is -0.0629. The number of Topliss-reactive ketones (excluding diaryl/α,β-unsaturated/α-hetero) is 1. The van der Waals surface area contributed by atoms with Crippen LogP contribution in [0.15, 0.2) is 0 Å². The maximum absolute atomic E-state index is 12.2. The molecule has 1 heterocycles. The van der Waals surface area contributed by atoms with Gasteiger partial charge in [-0.15, -0.1) is 0 Å². The van der Waals surface area contributed by atoms with Crippen LogP contribution in [0.1, 0.15) is 39.5 Å². The summed E-state index contributed by atoms with van der Waals surface area (Å²) in [6.07, 6.45) is 4.67. The fourth-order valence-corrected chi connectivity index (χ4v) is 3.45. The molecular formula is C15H28N2O. The quantitative estimate of drug-likeness (QED) is 0.768. The molecule has 2 fully saturated rings. The van der Waals surface area contributed by atoms with E-state index in [4.69, 9.17) is 0 Å². The van der Waals surface area contributed by atoms with Gasteiger partial charge >= 0.3 is 0 Å². The Hall–Kier alpha value is -0.410. The standard InChI is InChI=1S/C15H28N2O/c1-15(2)8-5-12(14(15)18)11-17-9-6-13(7-10-17)16(3)4/h12-13H,5-11H2,1-4H3. The summed E-state index contributed by atoms with van der Waals surface area (Å²) < 4.78 is 0. The van der Waals surface area contributed by atoms with E-state index in [9.17, 15) is 4.79 Å². The predicted octanol–water partition coefficient (Wildman–Crippen LogP) is 2.02. The van der Waals surface area contributed by atoms with E-state index in [-0.39, 0.29) is 5.41 Å². The van der Waals surface area contributed by atoms with Crippen molar-refractivity contribution in [1.82, 2.24) is 9.80 Å². The summed E-state index contributed by atoms with van der Waals surface area (Å²) >= 11 is 0. The van der Waals surface area contributed by atoms with Crippen molar-refractivity contribution >= 4 is 5.78 Å². The second kappa shape index (κ2) is 5.30. The number of hydrogen-bond donors (Lipinski definition) is 0. The molecule has 0 aromatic carbocycles. The van der Waals surface area contributed by atoms with Crippen LogP contribution < -0.4 is 0 Å². The monoisotopic (exact) mass is 252 g/mol. The Bertz CT molecular complexity index is 304. The Morgan fingerprint density at radius 3 is 2.28 bits per heavy atom. The molecule has 1 saturated heterocycles. The molecule has 0 bridgehead atoms. The van der Waals surface area contributed by atoms with Gasteiger partial charge in [-0.05, 0) is 52.9 Å². The lowest BCUT2D eigenvalue weighted by Crippen LogP contribution is -2.44. The summed E-state index contributed by atoms with van der Waals surface area (Å²) in [5, 5.41) is 0. The van der Waals surface area contributed by atoms with Crippen LogP contribution in [-0.2, 0) is 4.79 Å². The number of carbonyl (C=O) groups is 1. The summed E-state index contributed by atoms with van der Waals surface area (Å²) in [5.41, 5.74) is -0.0629. The average Bonchev–Trinajstić information content (AvgIpc) is 2.57. The van der Waals surface area contributed by atoms with Crippen LogP contribution in [0.25, 0.3) is 0 Å². The zero-order valence-corrected chi connectivity index (χ0v) is 12.4. The maximum Gasteiger partial charge on any atom is 0.142 e. The molecule has 1 aliphatic heterocycles. The van der Waals surface area contributed by atoms with E-state index >= 15 is 0 Å². The first-order valence-electron chi connectivity index (χ1n) is 7.33. The topological polar surface area (TPSA) is 23.6 Å². The van der Waals surface area contributed by atoms with Crippen molar-refractivity contribution in [2.24, 2.45) is 11.3 Å². The molecule has 1 aliphatic carbocycles. The highest BCUT2D eigenvalue weighted by Gasteiger charge is 2.41. The lowest BCUT2D eigenvalue weighted by Gasteiger charge is -2.36. The van der Waals surface area contributed by atoms with Crippen molar-refractivity contribution < 1.29 is 4.79 Å². The van der Waals surface area contributed by atoms with Crippen molar-refractivity contribution in [3.63, 3.8) is 0 Å². The lowest BCUT2D eigenvalue weighted by atomic mass is 9.89. The Kier molecular flexibility index (Phi) is 4.12. The molecule has 0 spiro atoms. The third-order valence-corrected chi connectivity index (χ3v) is 4.92. The van der Waals surface area contributed by atoms with Crippen LogP contribution in [0.5, 0.6) is 0 Å². The molecule has 1 unspecified atom stereocenters. The summed E-state index contributed by atoms with van der Waals surface area (Å²) in [6, 6.07) is 0.733. The summed E-state index contributed by atoms with van der Waals surface area (Å²) in [6.45, 7) is 7.53. The molecule has 3 heteroatoms. The summed E-state index contributed by atoms with van der Waals surface area (Å²) in [5.74, 6) is 0.799. The number of piperidine rings is 1. The molecule has 0 N–H and O–H groups in total. The van der Waals surface area contributed by atoms with E-state index in [1.807, 2.05) is 0 Å². The molecule has 104 valence electrons. The second-order valence-corrected chi connectivity index (χ2v) is 6.98. The molecule has 0 radical (unpaired) electrons. The van der Waals surface area contributed by atoms with Crippen molar-refractivity contribution in [2.45, 2.75) is 45.6 Å². The van der Waals surface area contributed by atoms with Crippen LogP contribution in [0.3, 0.4) is 0 Å². The number of hydrogen-bond acceptors (Lipinski definition) is 3. The van der Waals surface area contributed by atoms with Gasteiger partial charge in [-0.25, -0.2) is 0 Å². The van der Waals surface area contributed by atoms with Crippen LogP contribution in [-0.4, -0.2) is 55.4 Å².